The van der Waals surface area contributed by atoms with Gasteiger partial charge in [-0.2, -0.15) is 0 Å². The van der Waals surface area contributed by atoms with Gasteiger partial charge in [-0.25, -0.2) is 8.42 Å². The Morgan fingerprint density at radius 2 is 1.41 bits per heavy atom. The first-order valence-corrected chi connectivity index (χ1v) is 12.1. The van der Waals surface area contributed by atoms with Gasteiger partial charge in [0.1, 0.15) is 0 Å². The molecule has 0 spiro atoms. The van der Waals surface area contributed by atoms with E-state index >= 15 is 0 Å². The van der Waals surface area contributed by atoms with Crippen LogP contribution in [0.4, 0.5) is 0 Å². The van der Waals surface area contributed by atoms with E-state index in [9.17, 15) is 18.0 Å². The maximum Gasteiger partial charge on any atom is 0.236 e. The van der Waals surface area contributed by atoms with Crippen LogP contribution in [0.5, 0.6) is 0 Å². The monoisotopic (exact) mass is 421 g/mol. The Labute approximate surface area is 173 Å². The lowest BCUT2D eigenvalue weighted by Crippen LogP contribution is -2.52. The lowest BCUT2D eigenvalue weighted by Gasteiger charge is -2.36. The number of hydrogen-bond donors (Lipinski definition) is 0. The number of carbonyl (C=O) groups is 2. The molecule has 0 aliphatic carbocycles. The van der Waals surface area contributed by atoms with Gasteiger partial charge in [-0.15, -0.1) is 0 Å². The summed E-state index contributed by atoms with van der Waals surface area (Å²) in [7, 11) is -3.46. The number of carbonyl (C=O) groups excluding carboxylic acids is 2. The molecule has 2 saturated heterocycles. The molecule has 0 radical (unpaired) electrons. The van der Waals surface area contributed by atoms with E-state index in [2.05, 4.69) is 4.90 Å². The Hall–Kier alpha value is -1.93. The fraction of sp³-hybridized carbons (Fsp3) is 0.619. The van der Waals surface area contributed by atoms with Crippen LogP contribution in [0.1, 0.15) is 31.2 Å². The minimum Gasteiger partial charge on any atom is -0.342 e. The number of likely N-dealkylation sites (tertiary alicyclic amines) is 1. The summed E-state index contributed by atoms with van der Waals surface area (Å²) < 4.78 is 24.9. The van der Waals surface area contributed by atoms with Crippen molar-refractivity contribution in [3.8, 4) is 0 Å². The van der Waals surface area contributed by atoms with Crippen molar-refractivity contribution in [2.45, 2.75) is 37.5 Å². The van der Waals surface area contributed by atoms with Gasteiger partial charge >= 0.3 is 0 Å². The Bertz CT molecular complexity index is 809. The third-order valence-electron chi connectivity index (χ3n) is 5.76. The summed E-state index contributed by atoms with van der Waals surface area (Å²) in [5, 5.41) is 0. The molecule has 2 aliphatic heterocycles. The molecule has 8 heteroatoms. The van der Waals surface area contributed by atoms with Crippen LogP contribution in [0.15, 0.2) is 29.2 Å². The van der Waals surface area contributed by atoms with Gasteiger partial charge in [0.2, 0.25) is 11.8 Å². The molecule has 3 rings (SSSR count). The van der Waals surface area contributed by atoms with Crippen molar-refractivity contribution in [1.82, 2.24) is 14.7 Å². The Balaban J connectivity index is 1.42. The molecule has 0 aromatic heterocycles. The summed E-state index contributed by atoms with van der Waals surface area (Å²) >= 11 is 0. The molecular weight excluding hydrogens is 390 g/mol. The molecule has 1 aromatic rings. The van der Waals surface area contributed by atoms with Crippen LogP contribution >= 0.6 is 0 Å². The number of rotatable bonds is 6. The fourth-order valence-electron chi connectivity index (χ4n) is 3.83. The average Bonchev–Trinajstić information content (AvgIpc) is 2.73. The topological polar surface area (TPSA) is 78.0 Å². The summed E-state index contributed by atoms with van der Waals surface area (Å²) in [6.45, 7) is 6.39. The minimum atomic E-state index is -3.46. The highest BCUT2D eigenvalue weighted by molar-refractivity contribution is 7.91. The molecule has 29 heavy (non-hydrogen) atoms. The van der Waals surface area contributed by atoms with Crippen LogP contribution in [0.25, 0.3) is 0 Å². The first-order valence-electron chi connectivity index (χ1n) is 10.4. The predicted molar refractivity (Wildman–Crippen MR) is 111 cm³/mol. The number of piperazine rings is 1. The van der Waals surface area contributed by atoms with Crippen molar-refractivity contribution in [3.63, 3.8) is 0 Å². The highest BCUT2D eigenvalue weighted by Crippen LogP contribution is 2.14. The average molecular weight is 422 g/mol. The zero-order valence-electron chi connectivity index (χ0n) is 17.2. The molecule has 2 amide bonds. The van der Waals surface area contributed by atoms with E-state index < -0.39 is 9.84 Å². The van der Waals surface area contributed by atoms with Gasteiger partial charge < -0.3 is 9.80 Å². The summed E-state index contributed by atoms with van der Waals surface area (Å²) in [5.41, 5.74) is 0.997. The number of sulfone groups is 1. The number of nitrogens with zero attached hydrogens (tertiary/aromatic N) is 3. The second kappa shape index (κ2) is 9.71. The van der Waals surface area contributed by atoms with Crippen LogP contribution in [0.2, 0.25) is 0 Å². The second-order valence-electron chi connectivity index (χ2n) is 7.98. The molecule has 0 saturated carbocycles. The zero-order chi connectivity index (χ0) is 20.9. The maximum absolute atomic E-state index is 12.5. The van der Waals surface area contributed by atoms with E-state index in [-0.39, 0.29) is 28.9 Å². The zero-order valence-corrected chi connectivity index (χ0v) is 18.0. The smallest absolute Gasteiger partial charge is 0.236 e. The molecule has 2 aliphatic rings. The van der Waals surface area contributed by atoms with E-state index in [1.54, 1.807) is 29.2 Å². The molecule has 0 N–H and O–H groups in total. The van der Waals surface area contributed by atoms with Crippen LogP contribution in [-0.4, -0.2) is 86.5 Å². The standard InChI is InChI=1S/C21H31N3O4S/c1-18-5-7-19(8-6-18)29(27,28)16-9-20(25)24-14-12-22(13-15-24)17-21(26)23-10-3-2-4-11-23/h5-8H,2-4,9-17H2,1H3. The number of benzene rings is 1. The number of aryl methyl sites for hydroxylation is 1. The van der Waals surface area contributed by atoms with Gasteiger partial charge in [-0.3, -0.25) is 14.5 Å². The molecular formula is C21H31N3O4S. The maximum atomic E-state index is 12.5. The summed E-state index contributed by atoms with van der Waals surface area (Å²) in [6, 6.07) is 6.71. The van der Waals surface area contributed by atoms with Gasteiger partial charge in [0.15, 0.2) is 9.84 Å². The van der Waals surface area contributed by atoms with E-state index in [0.29, 0.717) is 32.7 Å². The van der Waals surface area contributed by atoms with Gasteiger partial charge in [0, 0.05) is 45.7 Å². The Kier molecular flexibility index (Phi) is 7.29. The van der Waals surface area contributed by atoms with Crippen LogP contribution < -0.4 is 0 Å². The summed E-state index contributed by atoms with van der Waals surface area (Å²) in [4.78, 5) is 30.9. The largest absolute Gasteiger partial charge is 0.342 e. The Morgan fingerprint density at radius 1 is 0.828 bits per heavy atom. The van der Waals surface area contributed by atoms with Crippen molar-refractivity contribution >= 4 is 21.7 Å². The quantitative estimate of drug-likeness (QED) is 0.692. The SMILES string of the molecule is Cc1ccc(S(=O)(=O)CCC(=O)N2CCN(CC(=O)N3CCCCC3)CC2)cc1. The predicted octanol–water partition coefficient (Wildman–Crippen LogP) is 1.32. The van der Waals surface area contributed by atoms with Crippen LogP contribution in [-0.2, 0) is 19.4 Å². The summed E-state index contributed by atoms with van der Waals surface area (Å²) in [6.07, 6.45) is 3.35. The molecule has 2 fully saturated rings. The third kappa shape index (κ3) is 6.02. The van der Waals surface area contributed by atoms with Crippen molar-refractivity contribution in [3.05, 3.63) is 29.8 Å². The van der Waals surface area contributed by atoms with E-state index in [1.807, 2.05) is 11.8 Å². The first kappa shape index (κ1) is 21.8. The molecule has 1 aromatic carbocycles. The highest BCUT2D eigenvalue weighted by atomic mass is 32.2. The van der Waals surface area contributed by atoms with Crippen molar-refractivity contribution < 1.29 is 18.0 Å². The minimum absolute atomic E-state index is 0.0110. The molecule has 160 valence electrons. The lowest BCUT2D eigenvalue weighted by atomic mass is 10.1. The third-order valence-corrected chi connectivity index (χ3v) is 7.49. The van der Waals surface area contributed by atoms with Crippen LogP contribution in [0.3, 0.4) is 0 Å². The van der Waals surface area contributed by atoms with Gasteiger partial charge in [0.25, 0.3) is 0 Å². The van der Waals surface area contributed by atoms with Crippen LogP contribution in [0, 0.1) is 6.92 Å². The normalized spacial score (nSPS) is 18.7. The fourth-order valence-corrected chi connectivity index (χ4v) is 5.06. The number of hydrogen-bond acceptors (Lipinski definition) is 5. The van der Waals surface area contributed by atoms with Gasteiger partial charge in [0.05, 0.1) is 17.2 Å². The summed E-state index contributed by atoms with van der Waals surface area (Å²) in [5.74, 6) is -0.140. The van der Waals surface area contributed by atoms with Crippen molar-refractivity contribution in [2.24, 2.45) is 0 Å². The Morgan fingerprint density at radius 3 is 2.03 bits per heavy atom. The van der Waals surface area contributed by atoms with E-state index in [0.717, 1.165) is 31.5 Å². The lowest BCUT2D eigenvalue weighted by molar-refractivity contribution is -0.135. The molecule has 0 atom stereocenters. The van der Waals surface area contributed by atoms with Gasteiger partial charge in [-0.1, -0.05) is 17.7 Å². The molecule has 2 heterocycles. The second-order valence-corrected chi connectivity index (χ2v) is 10.1. The van der Waals surface area contributed by atoms with Crippen molar-refractivity contribution in [1.29, 1.82) is 0 Å². The number of piperidine rings is 1. The van der Waals surface area contributed by atoms with Crippen molar-refractivity contribution in [2.75, 3.05) is 51.6 Å². The molecule has 0 unspecified atom stereocenters. The first-order chi connectivity index (χ1) is 13.8. The molecule has 7 nitrogen and oxygen atoms in total. The number of amides is 2. The highest BCUT2D eigenvalue weighted by Gasteiger charge is 2.26. The van der Waals surface area contributed by atoms with E-state index in [4.69, 9.17) is 0 Å². The van der Waals surface area contributed by atoms with E-state index in [1.165, 1.54) is 6.42 Å². The van der Waals surface area contributed by atoms with Gasteiger partial charge in [-0.05, 0) is 38.3 Å². The molecule has 0 bridgehead atoms.